The molecule has 22 heavy (non-hydrogen) atoms. The third kappa shape index (κ3) is 3.09. The van der Waals surface area contributed by atoms with E-state index in [2.05, 4.69) is 15.0 Å². The summed E-state index contributed by atoms with van der Waals surface area (Å²) in [6.07, 6.45) is 2.40. The van der Waals surface area contributed by atoms with E-state index in [0.717, 1.165) is 6.20 Å². The Bertz CT molecular complexity index is 742. The van der Waals surface area contributed by atoms with Crippen molar-refractivity contribution in [1.29, 1.82) is 0 Å². The van der Waals surface area contributed by atoms with Gasteiger partial charge in [0.2, 0.25) is 0 Å². The van der Waals surface area contributed by atoms with Crippen LogP contribution in [0.5, 0.6) is 0 Å². The summed E-state index contributed by atoms with van der Waals surface area (Å²) in [6.45, 7) is 0. The summed E-state index contributed by atoms with van der Waals surface area (Å²) >= 11 is 0. The highest BCUT2D eigenvalue weighted by Gasteiger charge is 2.19. The summed E-state index contributed by atoms with van der Waals surface area (Å²) in [5, 5.41) is 11.6. The van der Waals surface area contributed by atoms with Crippen LogP contribution in [0.15, 0.2) is 42.7 Å². The molecule has 2 rings (SSSR count). The SMILES string of the molecule is COC(=O)c1ccccc1NC(=O)c1ccncc1C(=O)O. The van der Waals surface area contributed by atoms with Gasteiger partial charge in [-0.2, -0.15) is 0 Å². The number of carbonyl (C=O) groups excluding carboxylic acids is 2. The summed E-state index contributed by atoms with van der Waals surface area (Å²) < 4.78 is 4.63. The number of aromatic nitrogens is 1. The van der Waals surface area contributed by atoms with Crippen molar-refractivity contribution in [3.63, 3.8) is 0 Å². The second-order valence-corrected chi connectivity index (χ2v) is 4.22. The zero-order chi connectivity index (χ0) is 16.1. The average Bonchev–Trinajstić information content (AvgIpc) is 2.54. The van der Waals surface area contributed by atoms with Crippen LogP contribution in [-0.4, -0.2) is 35.0 Å². The Morgan fingerprint density at radius 3 is 2.50 bits per heavy atom. The van der Waals surface area contributed by atoms with Crippen LogP contribution in [0.25, 0.3) is 0 Å². The number of pyridine rings is 1. The number of rotatable bonds is 4. The third-order valence-corrected chi connectivity index (χ3v) is 2.88. The van der Waals surface area contributed by atoms with Gasteiger partial charge in [0, 0.05) is 12.4 Å². The lowest BCUT2D eigenvalue weighted by Crippen LogP contribution is -2.18. The van der Waals surface area contributed by atoms with Gasteiger partial charge >= 0.3 is 11.9 Å². The predicted octanol–water partition coefficient (Wildman–Crippen LogP) is 1.82. The highest BCUT2D eigenvalue weighted by atomic mass is 16.5. The number of hydrogen-bond acceptors (Lipinski definition) is 5. The van der Waals surface area contributed by atoms with Gasteiger partial charge < -0.3 is 15.2 Å². The Morgan fingerprint density at radius 2 is 1.82 bits per heavy atom. The Morgan fingerprint density at radius 1 is 1.09 bits per heavy atom. The summed E-state index contributed by atoms with van der Waals surface area (Å²) in [7, 11) is 1.23. The molecule has 1 aromatic heterocycles. The second-order valence-electron chi connectivity index (χ2n) is 4.22. The maximum atomic E-state index is 12.2. The minimum Gasteiger partial charge on any atom is -0.478 e. The van der Waals surface area contributed by atoms with E-state index < -0.39 is 17.8 Å². The van der Waals surface area contributed by atoms with Crippen LogP contribution in [0.4, 0.5) is 5.69 Å². The number of amides is 1. The summed E-state index contributed by atoms with van der Waals surface area (Å²) in [6, 6.07) is 7.56. The van der Waals surface area contributed by atoms with E-state index >= 15 is 0 Å². The molecule has 0 saturated heterocycles. The van der Waals surface area contributed by atoms with Gasteiger partial charge in [0.1, 0.15) is 0 Å². The molecule has 0 atom stereocenters. The molecule has 0 aliphatic rings. The summed E-state index contributed by atoms with van der Waals surface area (Å²) in [4.78, 5) is 38.7. The van der Waals surface area contributed by atoms with Crippen LogP contribution in [0.2, 0.25) is 0 Å². The number of nitrogens with zero attached hydrogens (tertiary/aromatic N) is 1. The number of carboxylic acids is 1. The topological polar surface area (TPSA) is 106 Å². The van der Waals surface area contributed by atoms with E-state index in [9.17, 15) is 14.4 Å². The number of carboxylic acid groups (broad SMARTS) is 1. The maximum absolute atomic E-state index is 12.2. The van der Waals surface area contributed by atoms with Crippen molar-refractivity contribution in [3.05, 3.63) is 59.4 Å². The normalized spacial score (nSPS) is 9.86. The molecular formula is C15H12N2O5. The molecule has 0 saturated carbocycles. The molecule has 7 heteroatoms. The first-order valence-corrected chi connectivity index (χ1v) is 6.20. The van der Waals surface area contributed by atoms with Crippen molar-refractivity contribution < 1.29 is 24.2 Å². The van der Waals surface area contributed by atoms with Gasteiger partial charge in [-0.3, -0.25) is 9.78 Å². The van der Waals surface area contributed by atoms with E-state index in [1.807, 2.05) is 0 Å². The molecule has 0 bridgehead atoms. The van der Waals surface area contributed by atoms with Gasteiger partial charge in [-0.1, -0.05) is 12.1 Å². The minimum absolute atomic E-state index is 0.0535. The zero-order valence-electron chi connectivity index (χ0n) is 11.6. The molecule has 0 spiro atoms. The molecule has 0 fully saturated rings. The van der Waals surface area contributed by atoms with Crippen molar-refractivity contribution in [2.75, 3.05) is 12.4 Å². The summed E-state index contributed by atoms with van der Waals surface area (Å²) in [5.41, 5.74) is 0.120. The van der Waals surface area contributed by atoms with Gasteiger partial charge in [-0.05, 0) is 18.2 Å². The van der Waals surface area contributed by atoms with E-state index in [0.29, 0.717) is 0 Å². The van der Waals surface area contributed by atoms with Crippen molar-refractivity contribution in [1.82, 2.24) is 4.98 Å². The molecule has 0 aliphatic carbocycles. The Kier molecular flexibility index (Phi) is 4.47. The van der Waals surface area contributed by atoms with Crippen molar-refractivity contribution in [3.8, 4) is 0 Å². The van der Waals surface area contributed by atoms with E-state index in [1.165, 1.54) is 31.5 Å². The molecule has 1 aromatic carbocycles. The number of hydrogen-bond donors (Lipinski definition) is 2. The van der Waals surface area contributed by atoms with Crippen molar-refractivity contribution >= 4 is 23.5 Å². The van der Waals surface area contributed by atoms with E-state index in [-0.39, 0.29) is 22.4 Å². The molecule has 0 radical (unpaired) electrons. The van der Waals surface area contributed by atoms with Crippen LogP contribution in [0.3, 0.4) is 0 Å². The van der Waals surface area contributed by atoms with Crippen LogP contribution in [0, 0.1) is 0 Å². The van der Waals surface area contributed by atoms with Gasteiger partial charge in [-0.25, -0.2) is 9.59 Å². The Hall–Kier alpha value is -3.22. The van der Waals surface area contributed by atoms with Gasteiger partial charge in [0.25, 0.3) is 5.91 Å². The number of aromatic carboxylic acids is 1. The lowest BCUT2D eigenvalue weighted by molar-refractivity contribution is 0.0601. The fourth-order valence-electron chi connectivity index (χ4n) is 1.83. The first-order chi connectivity index (χ1) is 10.5. The fraction of sp³-hybridized carbons (Fsp3) is 0.0667. The Balaban J connectivity index is 2.35. The Labute approximate surface area is 125 Å². The monoisotopic (exact) mass is 300 g/mol. The lowest BCUT2D eigenvalue weighted by Gasteiger charge is -2.10. The molecule has 2 N–H and O–H groups in total. The first-order valence-electron chi connectivity index (χ1n) is 6.20. The smallest absolute Gasteiger partial charge is 0.339 e. The first kappa shape index (κ1) is 15.2. The summed E-state index contributed by atoms with van der Waals surface area (Å²) in [5.74, 6) is -2.53. The molecule has 0 aliphatic heterocycles. The van der Waals surface area contributed by atoms with Crippen molar-refractivity contribution in [2.45, 2.75) is 0 Å². The van der Waals surface area contributed by atoms with Gasteiger partial charge in [-0.15, -0.1) is 0 Å². The maximum Gasteiger partial charge on any atom is 0.339 e. The van der Waals surface area contributed by atoms with E-state index in [4.69, 9.17) is 5.11 Å². The zero-order valence-corrected chi connectivity index (χ0v) is 11.6. The number of methoxy groups -OCH3 is 1. The number of nitrogens with one attached hydrogen (secondary N) is 1. The fourth-order valence-corrected chi connectivity index (χ4v) is 1.83. The second kappa shape index (κ2) is 6.49. The molecule has 7 nitrogen and oxygen atoms in total. The molecular weight excluding hydrogens is 288 g/mol. The van der Waals surface area contributed by atoms with E-state index in [1.54, 1.807) is 12.1 Å². The number of esters is 1. The van der Waals surface area contributed by atoms with Crippen LogP contribution < -0.4 is 5.32 Å². The van der Waals surface area contributed by atoms with Gasteiger partial charge in [0.05, 0.1) is 29.5 Å². The van der Waals surface area contributed by atoms with Crippen molar-refractivity contribution in [2.24, 2.45) is 0 Å². The highest BCUT2D eigenvalue weighted by molar-refractivity contribution is 6.12. The van der Waals surface area contributed by atoms with Crippen LogP contribution in [0.1, 0.15) is 31.1 Å². The number of ether oxygens (including phenoxy) is 1. The largest absolute Gasteiger partial charge is 0.478 e. The van der Waals surface area contributed by atoms with Crippen LogP contribution in [-0.2, 0) is 4.74 Å². The number of anilines is 1. The molecule has 0 unspecified atom stereocenters. The number of para-hydroxylation sites is 1. The molecule has 1 amide bonds. The van der Waals surface area contributed by atoms with Crippen LogP contribution >= 0.6 is 0 Å². The third-order valence-electron chi connectivity index (χ3n) is 2.88. The molecule has 1 heterocycles. The number of carbonyl (C=O) groups is 3. The standard InChI is InChI=1S/C15H12N2O5/c1-22-15(21)10-4-2-3-5-12(10)17-13(18)9-6-7-16-8-11(9)14(19)20/h2-8H,1H3,(H,17,18)(H,19,20). The number of benzene rings is 1. The highest BCUT2D eigenvalue weighted by Crippen LogP contribution is 2.18. The predicted molar refractivity (Wildman–Crippen MR) is 76.9 cm³/mol. The average molecular weight is 300 g/mol. The molecule has 2 aromatic rings. The van der Waals surface area contributed by atoms with Gasteiger partial charge in [0.15, 0.2) is 0 Å². The minimum atomic E-state index is -1.26. The lowest BCUT2D eigenvalue weighted by atomic mass is 10.1. The quantitative estimate of drug-likeness (QED) is 0.834. The molecule has 112 valence electrons.